The smallest absolute Gasteiger partial charge is 0.0487 e. The first-order valence-corrected chi connectivity index (χ1v) is 5.05. The fourth-order valence-corrected chi connectivity index (χ4v) is 3.26. The molecule has 70 valence electrons. The summed E-state index contributed by atoms with van der Waals surface area (Å²) < 4.78 is 0. The molecule has 0 aromatic carbocycles. The molecule has 0 amide bonds. The Hall–Kier alpha value is -0.0800. The molecule has 2 fully saturated rings. The van der Waals surface area contributed by atoms with Gasteiger partial charge >= 0.3 is 0 Å². The van der Waals surface area contributed by atoms with Crippen molar-refractivity contribution in [3.8, 4) is 0 Å². The van der Waals surface area contributed by atoms with Gasteiger partial charge in [0.1, 0.15) is 0 Å². The van der Waals surface area contributed by atoms with Gasteiger partial charge in [0.25, 0.3) is 0 Å². The van der Waals surface area contributed by atoms with Gasteiger partial charge in [-0.25, -0.2) is 0 Å². The van der Waals surface area contributed by atoms with Crippen LogP contribution < -0.4 is 5.73 Å². The van der Waals surface area contributed by atoms with Gasteiger partial charge in [0.05, 0.1) is 0 Å². The first-order valence-electron chi connectivity index (χ1n) is 5.05. The van der Waals surface area contributed by atoms with Crippen molar-refractivity contribution in [2.24, 2.45) is 16.6 Å². The Kier molecular flexibility index (Phi) is 1.92. The van der Waals surface area contributed by atoms with E-state index in [1.807, 2.05) is 0 Å². The summed E-state index contributed by atoms with van der Waals surface area (Å²) in [4.78, 5) is 0. The molecule has 0 aliphatic heterocycles. The Bertz CT molecular complexity index is 165. The maximum Gasteiger partial charge on any atom is 0.0487 e. The molecule has 2 atom stereocenters. The van der Waals surface area contributed by atoms with E-state index in [1.165, 1.54) is 38.5 Å². The fraction of sp³-hybridized carbons (Fsp3) is 1.00. The van der Waals surface area contributed by atoms with Gasteiger partial charge in [-0.15, -0.1) is 0 Å². The van der Waals surface area contributed by atoms with Crippen LogP contribution in [0, 0.1) is 10.8 Å². The number of rotatable bonds is 2. The second-order valence-electron chi connectivity index (χ2n) is 4.89. The zero-order valence-electron chi connectivity index (χ0n) is 7.68. The van der Waals surface area contributed by atoms with Gasteiger partial charge in [-0.05, 0) is 49.5 Å². The molecule has 3 N–H and O–H groups in total. The highest BCUT2D eigenvalue weighted by molar-refractivity contribution is 5.01. The van der Waals surface area contributed by atoms with Crippen molar-refractivity contribution < 1.29 is 5.11 Å². The Morgan fingerprint density at radius 3 is 2.42 bits per heavy atom. The van der Waals surface area contributed by atoms with E-state index < -0.39 is 0 Å². The van der Waals surface area contributed by atoms with Crippen LogP contribution in [0.15, 0.2) is 0 Å². The topological polar surface area (TPSA) is 46.2 Å². The van der Waals surface area contributed by atoms with Gasteiger partial charge in [-0.3, -0.25) is 0 Å². The molecule has 2 unspecified atom stereocenters. The second kappa shape index (κ2) is 2.71. The largest absolute Gasteiger partial charge is 0.396 e. The SMILES string of the molecule is NCC12CCCC(CO)(CC1)C2. The minimum Gasteiger partial charge on any atom is -0.396 e. The summed E-state index contributed by atoms with van der Waals surface area (Å²) in [6, 6.07) is 0. The highest BCUT2D eigenvalue weighted by Crippen LogP contribution is 2.57. The molecule has 2 bridgehead atoms. The van der Waals surface area contributed by atoms with Crippen LogP contribution in [0.25, 0.3) is 0 Å². The first-order chi connectivity index (χ1) is 5.74. The molecule has 2 heteroatoms. The molecule has 2 aliphatic rings. The van der Waals surface area contributed by atoms with Gasteiger partial charge in [-0.1, -0.05) is 6.42 Å². The lowest BCUT2D eigenvalue weighted by Crippen LogP contribution is -2.35. The Morgan fingerprint density at radius 1 is 1.08 bits per heavy atom. The third-order valence-corrected chi connectivity index (χ3v) is 4.12. The minimum atomic E-state index is 0.275. The lowest BCUT2D eigenvalue weighted by atomic mass is 9.69. The van der Waals surface area contributed by atoms with Crippen LogP contribution >= 0.6 is 0 Å². The number of aliphatic hydroxyl groups is 1. The van der Waals surface area contributed by atoms with Gasteiger partial charge in [-0.2, -0.15) is 0 Å². The minimum absolute atomic E-state index is 0.275. The molecular formula is C10H19NO. The molecule has 0 aromatic rings. The molecule has 2 saturated carbocycles. The summed E-state index contributed by atoms with van der Waals surface area (Å²) in [6.07, 6.45) is 7.45. The van der Waals surface area contributed by atoms with Gasteiger partial charge in [0.15, 0.2) is 0 Å². The molecule has 0 aromatic heterocycles. The van der Waals surface area contributed by atoms with E-state index in [4.69, 9.17) is 5.73 Å². The highest BCUT2D eigenvalue weighted by Gasteiger charge is 2.49. The molecular weight excluding hydrogens is 150 g/mol. The quantitative estimate of drug-likeness (QED) is 0.654. The van der Waals surface area contributed by atoms with Crippen LogP contribution in [-0.4, -0.2) is 18.3 Å². The molecule has 0 radical (unpaired) electrons. The number of aliphatic hydroxyl groups excluding tert-OH is 1. The van der Waals surface area contributed by atoms with E-state index in [1.54, 1.807) is 0 Å². The van der Waals surface area contributed by atoms with Crippen molar-refractivity contribution in [2.75, 3.05) is 13.2 Å². The molecule has 2 rings (SSSR count). The predicted molar refractivity (Wildman–Crippen MR) is 48.7 cm³/mol. The van der Waals surface area contributed by atoms with Crippen LogP contribution in [-0.2, 0) is 0 Å². The van der Waals surface area contributed by atoms with Crippen molar-refractivity contribution in [3.05, 3.63) is 0 Å². The van der Waals surface area contributed by atoms with Crippen LogP contribution in [0.5, 0.6) is 0 Å². The van der Waals surface area contributed by atoms with Crippen molar-refractivity contribution in [1.29, 1.82) is 0 Å². The Morgan fingerprint density at radius 2 is 1.75 bits per heavy atom. The van der Waals surface area contributed by atoms with Crippen LogP contribution in [0.4, 0.5) is 0 Å². The van der Waals surface area contributed by atoms with E-state index in [9.17, 15) is 5.11 Å². The first kappa shape index (κ1) is 8.52. The predicted octanol–water partition coefficient (Wildman–Crippen LogP) is 1.28. The van der Waals surface area contributed by atoms with Crippen LogP contribution in [0.2, 0.25) is 0 Å². The molecule has 12 heavy (non-hydrogen) atoms. The van der Waals surface area contributed by atoms with Gasteiger partial charge in [0, 0.05) is 6.61 Å². The van der Waals surface area contributed by atoms with E-state index in [0.717, 1.165) is 6.54 Å². The summed E-state index contributed by atoms with van der Waals surface area (Å²) >= 11 is 0. The normalized spacial score (nSPS) is 46.5. The number of nitrogens with two attached hydrogens (primary N) is 1. The molecule has 0 spiro atoms. The third kappa shape index (κ3) is 1.09. The highest BCUT2D eigenvalue weighted by atomic mass is 16.3. The van der Waals surface area contributed by atoms with Crippen molar-refractivity contribution in [1.82, 2.24) is 0 Å². The second-order valence-corrected chi connectivity index (χ2v) is 4.89. The standard InChI is InChI=1S/C10H19NO/c11-7-9-2-1-3-10(6-9,8-12)5-4-9/h12H,1-8,11H2. The van der Waals surface area contributed by atoms with Crippen molar-refractivity contribution in [3.63, 3.8) is 0 Å². The summed E-state index contributed by atoms with van der Waals surface area (Å²) in [5, 5.41) is 9.34. The van der Waals surface area contributed by atoms with E-state index in [2.05, 4.69) is 0 Å². The molecule has 2 aliphatic carbocycles. The average molecular weight is 169 g/mol. The van der Waals surface area contributed by atoms with Gasteiger partial charge < -0.3 is 10.8 Å². The maximum absolute atomic E-state index is 9.34. The van der Waals surface area contributed by atoms with Crippen molar-refractivity contribution >= 4 is 0 Å². The van der Waals surface area contributed by atoms with Gasteiger partial charge in [0.2, 0.25) is 0 Å². The third-order valence-electron chi connectivity index (χ3n) is 4.12. The van der Waals surface area contributed by atoms with Crippen molar-refractivity contribution in [2.45, 2.75) is 38.5 Å². The summed E-state index contributed by atoms with van der Waals surface area (Å²) in [5.41, 5.74) is 6.50. The lowest BCUT2D eigenvalue weighted by molar-refractivity contribution is 0.0724. The maximum atomic E-state index is 9.34. The Balaban J connectivity index is 2.16. The Labute approximate surface area is 74.1 Å². The van der Waals surface area contributed by atoms with E-state index in [-0.39, 0.29) is 5.41 Å². The summed E-state index contributed by atoms with van der Waals surface area (Å²) in [5.74, 6) is 0. The van der Waals surface area contributed by atoms with E-state index in [0.29, 0.717) is 12.0 Å². The molecule has 2 nitrogen and oxygen atoms in total. The monoisotopic (exact) mass is 169 g/mol. The number of hydrogen-bond donors (Lipinski definition) is 2. The molecule has 0 heterocycles. The molecule has 0 saturated heterocycles. The van der Waals surface area contributed by atoms with E-state index >= 15 is 0 Å². The zero-order chi connectivity index (χ0) is 8.66. The number of fused-ring (bicyclic) bond motifs is 2. The summed E-state index contributed by atoms with van der Waals surface area (Å²) in [6.45, 7) is 1.21. The van der Waals surface area contributed by atoms with Crippen LogP contribution in [0.1, 0.15) is 38.5 Å². The summed E-state index contributed by atoms with van der Waals surface area (Å²) in [7, 11) is 0. The van der Waals surface area contributed by atoms with Crippen LogP contribution in [0.3, 0.4) is 0 Å². The fourth-order valence-electron chi connectivity index (χ4n) is 3.26. The number of hydrogen-bond acceptors (Lipinski definition) is 2. The average Bonchev–Trinajstić information content (AvgIpc) is 2.41. The zero-order valence-corrected chi connectivity index (χ0v) is 7.68. The lowest BCUT2D eigenvalue weighted by Gasteiger charge is -2.37.